The number of para-hydroxylation sites is 1. The van der Waals surface area contributed by atoms with Crippen LogP contribution in [0, 0.1) is 21.4 Å². The van der Waals surface area contributed by atoms with E-state index in [-0.39, 0.29) is 16.3 Å². The molecule has 0 fully saturated rings. The van der Waals surface area contributed by atoms with Gasteiger partial charge in [0.15, 0.2) is 4.90 Å². The van der Waals surface area contributed by atoms with Crippen LogP contribution in [-0.4, -0.2) is 13.3 Å². The van der Waals surface area contributed by atoms with Crippen LogP contribution in [0.15, 0.2) is 47.4 Å². The van der Waals surface area contributed by atoms with E-state index in [0.29, 0.717) is 0 Å². The van der Waals surface area contributed by atoms with Crippen LogP contribution in [0.5, 0.6) is 0 Å². The molecule has 0 aliphatic heterocycles. The first-order chi connectivity index (χ1) is 10.3. The quantitative estimate of drug-likeness (QED) is 0.680. The first-order valence-corrected chi connectivity index (χ1v) is 7.67. The molecule has 2 rings (SSSR count). The second kappa shape index (κ2) is 6.01. The average Bonchev–Trinajstić information content (AvgIpc) is 2.47. The van der Waals surface area contributed by atoms with Gasteiger partial charge in [0.2, 0.25) is 0 Å². The van der Waals surface area contributed by atoms with Gasteiger partial charge in [0.25, 0.3) is 15.7 Å². The Morgan fingerprint density at radius 2 is 1.91 bits per heavy atom. The Bertz CT molecular complexity index is 890. The summed E-state index contributed by atoms with van der Waals surface area (Å²) in [5.74, 6) is 0. The number of nitriles is 1. The maximum atomic E-state index is 12.3. The van der Waals surface area contributed by atoms with E-state index in [1.165, 1.54) is 30.3 Å². The van der Waals surface area contributed by atoms with Gasteiger partial charge in [-0.2, -0.15) is 5.26 Å². The number of benzene rings is 2. The number of hydrogen-bond donors (Lipinski definition) is 1. The molecule has 0 aliphatic rings. The van der Waals surface area contributed by atoms with Gasteiger partial charge in [0.1, 0.15) is 6.07 Å². The topological polar surface area (TPSA) is 113 Å². The predicted molar refractivity (Wildman–Crippen MR) is 80.1 cm³/mol. The largest absolute Gasteiger partial charge is 0.289 e. The number of nitro benzene ring substituents is 1. The first kappa shape index (κ1) is 15.8. The third-order valence-corrected chi connectivity index (χ3v) is 4.43. The minimum atomic E-state index is -4.16. The number of hydrogen-bond acceptors (Lipinski definition) is 5. The molecule has 0 unspecified atom stereocenters. The Labute approximate surface area is 131 Å². The molecule has 1 N–H and O–H groups in total. The van der Waals surface area contributed by atoms with Crippen LogP contribution in [-0.2, 0) is 10.0 Å². The molecule has 0 amide bonds. The molecule has 2 aromatic rings. The minimum Gasteiger partial charge on any atom is -0.279 e. The van der Waals surface area contributed by atoms with E-state index < -0.39 is 25.5 Å². The number of anilines is 1. The van der Waals surface area contributed by atoms with E-state index >= 15 is 0 Å². The smallest absolute Gasteiger partial charge is 0.279 e. The fourth-order valence-corrected chi connectivity index (χ4v) is 3.16. The van der Waals surface area contributed by atoms with Crippen molar-refractivity contribution >= 4 is 33.0 Å². The van der Waals surface area contributed by atoms with Crippen molar-refractivity contribution in [1.29, 1.82) is 5.26 Å². The fourth-order valence-electron chi connectivity index (χ4n) is 1.71. The summed E-state index contributed by atoms with van der Waals surface area (Å²) < 4.78 is 26.7. The van der Waals surface area contributed by atoms with Crippen molar-refractivity contribution in [3.05, 3.63) is 63.2 Å². The lowest BCUT2D eigenvalue weighted by molar-refractivity contribution is -0.387. The van der Waals surface area contributed by atoms with Gasteiger partial charge in [-0.15, -0.1) is 0 Å². The molecule has 0 aliphatic carbocycles. The number of nitrogens with zero attached hydrogens (tertiary/aromatic N) is 2. The lowest BCUT2D eigenvalue weighted by atomic mass is 10.2. The van der Waals surface area contributed by atoms with Crippen LogP contribution in [0.4, 0.5) is 11.4 Å². The molecule has 0 bridgehead atoms. The lowest BCUT2D eigenvalue weighted by Crippen LogP contribution is -2.14. The Hall–Kier alpha value is -2.63. The van der Waals surface area contributed by atoms with Crippen molar-refractivity contribution in [2.45, 2.75) is 4.90 Å². The van der Waals surface area contributed by atoms with E-state index in [1.807, 2.05) is 6.07 Å². The molecule has 7 nitrogen and oxygen atoms in total. The predicted octanol–water partition coefficient (Wildman–Crippen LogP) is 2.92. The highest BCUT2D eigenvalue weighted by Gasteiger charge is 2.25. The Kier molecular flexibility index (Phi) is 4.30. The van der Waals surface area contributed by atoms with Crippen molar-refractivity contribution in [3.8, 4) is 6.07 Å². The zero-order valence-corrected chi connectivity index (χ0v) is 12.4. The molecule has 22 heavy (non-hydrogen) atoms. The van der Waals surface area contributed by atoms with Gasteiger partial charge < -0.3 is 0 Å². The van der Waals surface area contributed by atoms with Gasteiger partial charge in [-0.05, 0) is 24.3 Å². The Morgan fingerprint density at radius 1 is 1.23 bits per heavy atom. The van der Waals surface area contributed by atoms with E-state index in [0.717, 1.165) is 12.1 Å². The summed E-state index contributed by atoms with van der Waals surface area (Å²) in [6, 6.07) is 10.8. The standard InChI is InChI=1S/C13H8ClN3O4S/c14-11-7-10(6-5-9(11)8-15)16-22(20,21)13-4-2-1-3-12(13)17(18)19/h1-7,16H. The van der Waals surface area contributed by atoms with Crippen LogP contribution in [0.3, 0.4) is 0 Å². The minimum absolute atomic E-state index is 0.0743. The van der Waals surface area contributed by atoms with Crippen molar-refractivity contribution in [2.75, 3.05) is 4.72 Å². The second-order valence-corrected chi connectivity index (χ2v) is 6.19. The molecule has 0 saturated heterocycles. The summed E-state index contributed by atoms with van der Waals surface area (Å²) in [5, 5.41) is 19.8. The van der Waals surface area contributed by atoms with Gasteiger partial charge in [0, 0.05) is 6.07 Å². The van der Waals surface area contributed by atoms with Gasteiger partial charge >= 0.3 is 0 Å². The van der Waals surface area contributed by atoms with E-state index in [4.69, 9.17) is 16.9 Å². The molecule has 0 saturated carbocycles. The summed E-state index contributed by atoms with van der Waals surface area (Å²) >= 11 is 5.82. The first-order valence-electron chi connectivity index (χ1n) is 5.81. The van der Waals surface area contributed by atoms with Crippen LogP contribution in [0.1, 0.15) is 5.56 Å². The van der Waals surface area contributed by atoms with Crippen LogP contribution in [0.2, 0.25) is 5.02 Å². The van der Waals surface area contributed by atoms with Crippen molar-refractivity contribution in [3.63, 3.8) is 0 Å². The Morgan fingerprint density at radius 3 is 2.50 bits per heavy atom. The maximum Gasteiger partial charge on any atom is 0.289 e. The number of nitro groups is 1. The number of nitrogens with one attached hydrogen (secondary N) is 1. The van der Waals surface area contributed by atoms with Crippen molar-refractivity contribution in [1.82, 2.24) is 0 Å². The van der Waals surface area contributed by atoms with Crippen molar-refractivity contribution in [2.24, 2.45) is 0 Å². The zero-order valence-electron chi connectivity index (χ0n) is 10.9. The fraction of sp³-hybridized carbons (Fsp3) is 0. The van der Waals surface area contributed by atoms with Crippen LogP contribution in [0.25, 0.3) is 0 Å². The summed E-state index contributed by atoms with van der Waals surface area (Å²) in [4.78, 5) is 9.68. The second-order valence-electron chi connectivity index (χ2n) is 4.14. The molecule has 0 heterocycles. The molecular weight excluding hydrogens is 330 g/mol. The number of sulfonamides is 1. The van der Waals surface area contributed by atoms with Crippen LogP contribution < -0.4 is 4.72 Å². The van der Waals surface area contributed by atoms with Gasteiger partial charge in [-0.1, -0.05) is 23.7 Å². The molecule has 0 radical (unpaired) electrons. The molecule has 9 heteroatoms. The normalized spacial score (nSPS) is 10.7. The molecule has 0 aromatic heterocycles. The Balaban J connectivity index is 2.43. The average molecular weight is 338 g/mol. The molecular formula is C13H8ClN3O4S. The number of rotatable bonds is 4. The highest BCUT2D eigenvalue weighted by Crippen LogP contribution is 2.27. The highest BCUT2D eigenvalue weighted by atomic mass is 35.5. The summed E-state index contributed by atoms with van der Waals surface area (Å²) in [6.07, 6.45) is 0. The zero-order chi connectivity index (χ0) is 16.3. The lowest BCUT2D eigenvalue weighted by Gasteiger charge is -2.09. The van der Waals surface area contributed by atoms with E-state index in [1.54, 1.807) is 0 Å². The van der Waals surface area contributed by atoms with Gasteiger partial charge in [-0.3, -0.25) is 14.8 Å². The van der Waals surface area contributed by atoms with Gasteiger partial charge in [0.05, 0.1) is 21.2 Å². The summed E-state index contributed by atoms with van der Waals surface area (Å²) in [6.45, 7) is 0. The van der Waals surface area contributed by atoms with E-state index in [9.17, 15) is 18.5 Å². The highest BCUT2D eigenvalue weighted by molar-refractivity contribution is 7.92. The summed E-state index contributed by atoms with van der Waals surface area (Å²) in [5.41, 5.74) is -0.243. The maximum absolute atomic E-state index is 12.3. The number of halogens is 1. The van der Waals surface area contributed by atoms with Crippen molar-refractivity contribution < 1.29 is 13.3 Å². The third-order valence-electron chi connectivity index (χ3n) is 2.69. The molecule has 0 spiro atoms. The van der Waals surface area contributed by atoms with Crippen LogP contribution >= 0.6 is 11.6 Å². The molecule has 0 atom stereocenters. The third kappa shape index (κ3) is 3.16. The monoisotopic (exact) mass is 337 g/mol. The molecule has 112 valence electrons. The van der Waals surface area contributed by atoms with Gasteiger partial charge in [-0.25, -0.2) is 8.42 Å². The van der Waals surface area contributed by atoms with E-state index in [2.05, 4.69) is 4.72 Å². The molecule has 2 aromatic carbocycles. The SMILES string of the molecule is N#Cc1ccc(NS(=O)(=O)c2ccccc2[N+](=O)[O-])cc1Cl. The summed E-state index contributed by atoms with van der Waals surface area (Å²) in [7, 11) is -4.16.